The summed E-state index contributed by atoms with van der Waals surface area (Å²) in [6, 6.07) is 12.9. The fourth-order valence-electron chi connectivity index (χ4n) is 7.33. The average molecular weight is 666 g/mol. The van der Waals surface area contributed by atoms with Crippen LogP contribution in [-0.2, 0) is 35.8 Å². The van der Waals surface area contributed by atoms with Gasteiger partial charge in [0.2, 0.25) is 18.2 Å². The smallest absolute Gasteiger partial charge is 0.312 e. The summed E-state index contributed by atoms with van der Waals surface area (Å²) < 4.78 is 19.2. The van der Waals surface area contributed by atoms with E-state index in [2.05, 4.69) is 47.2 Å². The highest BCUT2D eigenvalue weighted by Gasteiger charge is 2.42. The number of hydrogen-bond donors (Lipinski definition) is 2. The van der Waals surface area contributed by atoms with E-state index < -0.39 is 18.3 Å². The maximum Gasteiger partial charge on any atom is 0.312 e. The van der Waals surface area contributed by atoms with Crippen molar-refractivity contribution in [3.05, 3.63) is 65.0 Å². The van der Waals surface area contributed by atoms with Gasteiger partial charge in [-0.15, -0.1) is 0 Å². The molecule has 2 aromatic carbocycles. The first kappa shape index (κ1) is 35.4. The number of nitrogens with zero attached hydrogens (tertiary/aromatic N) is 4. The molecule has 0 saturated carbocycles. The van der Waals surface area contributed by atoms with Crippen LogP contribution >= 0.6 is 0 Å². The van der Waals surface area contributed by atoms with Crippen LogP contribution in [-0.4, -0.2) is 121 Å². The van der Waals surface area contributed by atoms with Crippen molar-refractivity contribution in [1.82, 2.24) is 20.0 Å². The highest BCUT2D eigenvalue weighted by molar-refractivity contribution is 5.98. The predicted octanol–water partition coefficient (Wildman–Crippen LogP) is 2.64. The monoisotopic (exact) mass is 665 g/mol. The van der Waals surface area contributed by atoms with Gasteiger partial charge >= 0.3 is 5.97 Å². The van der Waals surface area contributed by atoms with Gasteiger partial charge in [-0.2, -0.15) is 0 Å². The zero-order valence-corrected chi connectivity index (χ0v) is 28.2. The van der Waals surface area contributed by atoms with Crippen molar-refractivity contribution < 1.29 is 33.4 Å². The lowest BCUT2D eigenvalue weighted by atomic mass is 9.80. The van der Waals surface area contributed by atoms with Gasteiger partial charge in [0.15, 0.2) is 0 Å². The molecule has 260 valence electrons. The number of rotatable bonds is 13. The number of benzene rings is 2. The molecule has 3 amide bonds. The molecular formula is C36H48FN5O6. The van der Waals surface area contributed by atoms with Gasteiger partial charge in [-0.3, -0.25) is 29.0 Å². The van der Waals surface area contributed by atoms with Gasteiger partial charge in [-0.1, -0.05) is 31.2 Å². The topological polar surface area (TPSA) is 123 Å². The standard InChI is InChI=1S/C36H48FN5O6/c1-25-18-40(30(20-41(25)24-43)19-39-13-14-48-22-26(39)2)21-34(45)42-23-36(3,11-4-12-38-33(44)17-35(46)47)31-10-7-28(16-32(31)42)15-27-5-8-29(37)9-6-27/h5-10,16,24-26,30H,4,11-15,17-23H2,1-3H3,(H,38,44)(H,46,47)/t25?,26?,30-,36?/m0/s1. The Hall–Kier alpha value is -3.87. The molecule has 2 saturated heterocycles. The average Bonchev–Trinajstić information content (AvgIpc) is 3.34. The van der Waals surface area contributed by atoms with E-state index in [1.807, 2.05) is 16.7 Å². The van der Waals surface area contributed by atoms with Gasteiger partial charge in [0.25, 0.3) is 0 Å². The molecule has 0 spiro atoms. The number of carbonyl (C=O) groups excluding carboxylic acids is 3. The molecule has 0 radical (unpaired) electrons. The first-order chi connectivity index (χ1) is 23.0. The molecule has 0 aliphatic carbocycles. The Morgan fingerprint density at radius 2 is 1.81 bits per heavy atom. The van der Waals surface area contributed by atoms with E-state index >= 15 is 0 Å². The number of anilines is 1. The highest BCUT2D eigenvalue weighted by Crippen LogP contribution is 2.44. The Morgan fingerprint density at radius 3 is 2.52 bits per heavy atom. The van der Waals surface area contributed by atoms with Gasteiger partial charge in [0.05, 0.1) is 19.8 Å². The molecule has 3 heterocycles. The maximum absolute atomic E-state index is 14.4. The third-order valence-electron chi connectivity index (χ3n) is 10.1. The van der Waals surface area contributed by atoms with Crippen molar-refractivity contribution in [3.63, 3.8) is 0 Å². The Labute approximate surface area is 282 Å². The number of amides is 3. The zero-order chi connectivity index (χ0) is 34.4. The lowest BCUT2D eigenvalue weighted by Gasteiger charge is -2.46. The van der Waals surface area contributed by atoms with Crippen molar-refractivity contribution in [3.8, 4) is 0 Å². The molecular weight excluding hydrogens is 617 g/mol. The molecule has 48 heavy (non-hydrogen) atoms. The molecule has 2 N–H and O–H groups in total. The van der Waals surface area contributed by atoms with Gasteiger partial charge in [-0.25, -0.2) is 4.39 Å². The summed E-state index contributed by atoms with van der Waals surface area (Å²) in [6.45, 7) is 11.3. The number of carboxylic acid groups (broad SMARTS) is 1. The van der Waals surface area contributed by atoms with Gasteiger partial charge < -0.3 is 25.0 Å². The number of fused-ring (bicyclic) bond motifs is 1. The molecule has 3 unspecified atom stereocenters. The van der Waals surface area contributed by atoms with Crippen LogP contribution in [0.4, 0.5) is 10.1 Å². The second-order valence-corrected chi connectivity index (χ2v) is 13.9. The zero-order valence-electron chi connectivity index (χ0n) is 28.2. The van der Waals surface area contributed by atoms with E-state index in [-0.39, 0.29) is 41.8 Å². The molecule has 3 aliphatic heterocycles. The number of carboxylic acids is 1. The highest BCUT2D eigenvalue weighted by atomic mass is 19.1. The van der Waals surface area contributed by atoms with Crippen LogP contribution in [0.1, 0.15) is 56.7 Å². The minimum atomic E-state index is -1.17. The van der Waals surface area contributed by atoms with Crippen LogP contribution in [0.15, 0.2) is 42.5 Å². The molecule has 0 aromatic heterocycles. The third-order valence-corrected chi connectivity index (χ3v) is 10.1. The number of hydrogen-bond acceptors (Lipinski definition) is 7. The Morgan fingerprint density at radius 1 is 1.06 bits per heavy atom. The fourth-order valence-corrected chi connectivity index (χ4v) is 7.33. The quantitative estimate of drug-likeness (QED) is 0.190. The van der Waals surface area contributed by atoms with Crippen molar-refractivity contribution in [2.75, 3.05) is 63.9 Å². The summed E-state index contributed by atoms with van der Waals surface area (Å²) in [5.41, 5.74) is 3.50. The normalized spacial score (nSPS) is 24.7. The molecule has 3 aliphatic rings. The van der Waals surface area contributed by atoms with Crippen LogP contribution in [0, 0.1) is 5.82 Å². The van der Waals surface area contributed by atoms with Crippen LogP contribution in [0.5, 0.6) is 0 Å². The summed E-state index contributed by atoms with van der Waals surface area (Å²) in [5.74, 6) is -1.99. The summed E-state index contributed by atoms with van der Waals surface area (Å²) in [5, 5.41) is 11.6. The summed E-state index contributed by atoms with van der Waals surface area (Å²) >= 11 is 0. The van der Waals surface area contributed by atoms with Crippen LogP contribution in [0.25, 0.3) is 0 Å². The van der Waals surface area contributed by atoms with E-state index in [0.717, 1.165) is 41.9 Å². The lowest BCUT2D eigenvalue weighted by molar-refractivity contribution is -0.140. The van der Waals surface area contributed by atoms with E-state index in [0.29, 0.717) is 58.7 Å². The van der Waals surface area contributed by atoms with Crippen molar-refractivity contribution in [1.29, 1.82) is 0 Å². The Kier molecular flexibility index (Phi) is 11.5. The predicted molar refractivity (Wildman–Crippen MR) is 179 cm³/mol. The Bertz CT molecular complexity index is 1470. The van der Waals surface area contributed by atoms with Crippen molar-refractivity contribution in [2.45, 2.75) is 70.0 Å². The number of morpholine rings is 1. The maximum atomic E-state index is 14.4. The molecule has 4 atom stereocenters. The summed E-state index contributed by atoms with van der Waals surface area (Å²) in [4.78, 5) is 57.4. The largest absolute Gasteiger partial charge is 0.481 e. The molecule has 12 heteroatoms. The first-order valence-corrected chi connectivity index (χ1v) is 16.9. The number of aliphatic carboxylic acids is 1. The lowest BCUT2D eigenvalue weighted by Crippen LogP contribution is -2.62. The van der Waals surface area contributed by atoms with Gasteiger partial charge in [-0.05, 0) is 68.0 Å². The fraction of sp³-hybridized carbons (Fsp3) is 0.556. The number of nitrogens with one attached hydrogen (secondary N) is 1. The second kappa shape index (κ2) is 15.6. The van der Waals surface area contributed by atoms with Gasteiger partial charge in [0, 0.05) is 68.5 Å². The molecule has 2 aromatic rings. The van der Waals surface area contributed by atoms with Crippen LogP contribution in [0.3, 0.4) is 0 Å². The Balaban J connectivity index is 1.36. The van der Waals surface area contributed by atoms with E-state index in [9.17, 15) is 23.6 Å². The minimum absolute atomic E-state index is 0.0106. The number of piperazine rings is 1. The molecule has 11 nitrogen and oxygen atoms in total. The molecule has 2 fully saturated rings. The number of carbonyl (C=O) groups is 4. The third kappa shape index (κ3) is 8.58. The van der Waals surface area contributed by atoms with E-state index in [1.165, 1.54) is 12.1 Å². The minimum Gasteiger partial charge on any atom is -0.481 e. The SMILES string of the molecule is CC1CN(CC(=O)N2CC(C)(CCCNC(=O)CC(=O)O)c3ccc(Cc4ccc(F)cc4)cc32)[C@@H](CN2CCOCC2C)CN1C=O. The van der Waals surface area contributed by atoms with E-state index in [4.69, 9.17) is 9.84 Å². The van der Waals surface area contributed by atoms with E-state index in [1.54, 1.807) is 12.1 Å². The number of halogens is 1. The van der Waals surface area contributed by atoms with Gasteiger partial charge in [0.1, 0.15) is 12.2 Å². The van der Waals surface area contributed by atoms with Crippen molar-refractivity contribution in [2.24, 2.45) is 0 Å². The first-order valence-electron chi connectivity index (χ1n) is 16.9. The molecule has 5 rings (SSSR count). The van der Waals surface area contributed by atoms with Crippen LogP contribution in [0.2, 0.25) is 0 Å². The summed E-state index contributed by atoms with van der Waals surface area (Å²) in [7, 11) is 0. The number of ether oxygens (including phenoxy) is 1. The molecule has 0 bridgehead atoms. The van der Waals surface area contributed by atoms with Crippen LogP contribution < -0.4 is 10.2 Å². The summed E-state index contributed by atoms with van der Waals surface area (Å²) in [6.07, 6.45) is 2.23. The van der Waals surface area contributed by atoms with Crippen molar-refractivity contribution >= 4 is 29.9 Å². The second-order valence-electron chi connectivity index (χ2n) is 13.9.